The SMILES string of the molecule is O=C(O)c1cc(-c2ccc(/C=C3\SC(=S)N(CCc4ccc(OCc5ccsc5)cc4)C3=O)o2)ccc1Cl. The van der Waals surface area contributed by atoms with Crippen molar-refractivity contribution in [2.24, 2.45) is 0 Å². The molecule has 0 aliphatic carbocycles. The largest absolute Gasteiger partial charge is 0.489 e. The summed E-state index contributed by atoms with van der Waals surface area (Å²) in [4.78, 5) is 26.5. The number of thiophene rings is 1. The zero-order chi connectivity index (χ0) is 26.6. The van der Waals surface area contributed by atoms with Gasteiger partial charge in [-0.25, -0.2) is 4.79 Å². The number of halogens is 1. The summed E-state index contributed by atoms with van der Waals surface area (Å²) in [6.45, 7) is 0.995. The number of hydrogen-bond donors (Lipinski definition) is 1. The first-order chi connectivity index (χ1) is 18.4. The Kier molecular flexibility index (Phi) is 7.99. The Labute approximate surface area is 237 Å². The third kappa shape index (κ3) is 6.02. The van der Waals surface area contributed by atoms with Crippen molar-refractivity contribution in [2.45, 2.75) is 13.0 Å². The first-order valence-electron chi connectivity index (χ1n) is 11.5. The number of ether oxygens (including phenoxy) is 1. The molecule has 38 heavy (non-hydrogen) atoms. The van der Waals surface area contributed by atoms with Gasteiger partial charge in [0.1, 0.15) is 28.2 Å². The van der Waals surface area contributed by atoms with Crippen LogP contribution < -0.4 is 4.74 Å². The summed E-state index contributed by atoms with van der Waals surface area (Å²) in [5.74, 6) is 0.433. The molecule has 6 nitrogen and oxygen atoms in total. The van der Waals surface area contributed by atoms with Crippen LogP contribution in [-0.4, -0.2) is 32.7 Å². The molecule has 1 N–H and O–H groups in total. The van der Waals surface area contributed by atoms with Gasteiger partial charge in [-0.05, 0) is 76.8 Å². The fraction of sp³-hybridized carbons (Fsp3) is 0.107. The van der Waals surface area contributed by atoms with Crippen LogP contribution in [-0.2, 0) is 17.8 Å². The zero-order valence-corrected chi connectivity index (χ0v) is 23.0. The average Bonchev–Trinajstić information content (AvgIpc) is 3.65. The molecule has 1 amide bonds. The van der Waals surface area contributed by atoms with Crippen molar-refractivity contribution < 1.29 is 23.8 Å². The van der Waals surface area contributed by atoms with Crippen LogP contribution in [0, 0.1) is 0 Å². The van der Waals surface area contributed by atoms with Crippen molar-refractivity contribution in [3.05, 3.63) is 104 Å². The van der Waals surface area contributed by atoms with E-state index in [1.54, 1.807) is 40.5 Å². The van der Waals surface area contributed by atoms with Gasteiger partial charge >= 0.3 is 5.97 Å². The van der Waals surface area contributed by atoms with E-state index in [0.717, 1.165) is 16.9 Å². The van der Waals surface area contributed by atoms with Crippen LogP contribution in [0.5, 0.6) is 5.75 Å². The second-order valence-electron chi connectivity index (χ2n) is 8.35. The van der Waals surface area contributed by atoms with Gasteiger partial charge in [0.25, 0.3) is 5.91 Å². The van der Waals surface area contributed by atoms with Crippen molar-refractivity contribution in [3.8, 4) is 17.1 Å². The number of rotatable bonds is 9. The van der Waals surface area contributed by atoms with Crippen LogP contribution in [0.1, 0.15) is 27.2 Å². The fourth-order valence-electron chi connectivity index (χ4n) is 3.78. The minimum atomic E-state index is -1.12. The molecular formula is C28H20ClNO5S3. The van der Waals surface area contributed by atoms with E-state index in [0.29, 0.717) is 45.9 Å². The van der Waals surface area contributed by atoms with Crippen LogP contribution in [0.2, 0.25) is 5.02 Å². The smallest absolute Gasteiger partial charge is 0.337 e. The molecule has 0 spiro atoms. The van der Waals surface area contributed by atoms with Crippen LogP contribution in [0.4, 0.5) is 0 Å². The van der Waals surface area contributed by atoms with Crippen LogP contribution in [0.25, 0.3) is 17.4 Å². The topological polar surface area (TPSA) is 80.0 Å². The van der Waals surface area contributed by atoms with Crippen molar-refractivity contribution >= 4 is 69.2 Å². The maximum absolute atomic E-state index is 13.0. The second-order valence-corrected chi connectivity index (χ2v) is 11.2. The molecule has 0 bridgehead atoms. The molecule has 3 heterocycles. The molecule has 0 atom stereocenters. The van der Waals surface area contributed by atoms with Crippen LogP contribution in [0.3, 0.4) is 0 Å². The molecule has 1 aliphatic heterocycles. The predicted octanol–water partition coefficient (Wildman–Crippen LogP) is 7.38. The highest BCUT2D eigenvalue weighted by atomic mass is 35.5. The highest BCUT2D eigenvalue weighted by Gasteiger charge is 2.32. The number of aromatic carboxylic acids is 1. The maximum atomic E-state index is 13.0. The van der Waals surface area contributed by atoms with Gasteiger partial charge in [-0.15, -0.1) is 0 Å². The molecule has 5 rings (SSSR count). The lowest BCUT2D eigenvalue weighted by atomic mass is 10.1. The number of carboxylic acid groups (broad SMARTS) is 1. The van der Waals surface area contributed by atoms with Gasteiger partial charge in [-0.1, -0.05) is 47.7 Å². The molecular weight excluding hydrogens is 562 g/mol. The molecule has 0 radical (unpaired) electrons. The molecule has 4 aromatic rings. The lowest BCUT2D eigenvalue weighted by molar-refractivity contribution is -0.122. The normalized spacial score (nSPS) is 14.4. The predicted molar refractivity (Wildman–Crippen MR) is 155 cm³/mol. The molecule has 0 unspecified atom stereocenters. The van der Waals surface area contributed by atoms with Gasteiger partial charge in [0.2, 0.25) is 0 Å². The van der Waals surface area contributed by atoms with Gasteiger partial charge in [0, 0.05) is 18.2 Å². The second kappa shape index (κ2) is 11.6. The average molecular weight is 582 g/mol. The molecule has 2 aromatic carbocycles. The monoisotopic (exact) mass is 581 g/mol. The number of hydrogen-bond acceptors (Lipinski definition) is 7. The number of thioether (sulfide) groups is 1. The summed E-state index contributed by atoms with van der Waals surface area (Å²) in [7, 11) is 0. The highest BCUT2D eigenvalue weighted by molar-refractivity contribution is 8.26. The fourth-order valence-corrected chi connectivity index (χ4v) is 5.93. The van der Waals surface area contributed by atoms with Gasteiger partial charge in [0.05, 0.1) is 15.5 Å². The zero-order valence-electron chi connectivity index (χ0n) is 19.8. The molecule has 1 saturated heterocycles. The van der Waals surface area contributed by atoms with Crippen molar-refractivity contribution in [1.29, 1.82) is 0 Å². The first-order valence-corrected chi connectivity index (χ1v) is 14.0. The van der Waals surface area contributed by atoms with Crippen LogP contribution in [0.15, 0.2) is 80.7 Å². The number of carboxylic acids is 1. The van der Waals surface area contributed by atoms with Gasteiger partial charge in [-0.2, -0.15) is 11.3 Å². The Morgan fingerprint density at radius 1 is 1.11 bits per heavy atom. The molecule has 10 heteroatoms. The van der Waals surface area contributed by atoms with E-state index >= 15 is 0 Å². The van der Waals surface area contributed by atoms with E-state index in [1.807, 2.05) is 35.7 Å². The standard InChI is InChI=1S/C28H20ClNO5S3/c29-23-7-3-19(13-22(23)27(32)33)24-8-6-21(35-24)14-25-26(31)30(28(36)38-25)11-9-17-1-4-20(5-2-17)34-15-18-10-12-37-16-18/h1-8,10,12-14,16H,9,11,15H2,(H,32,33)/b25-14-. The van der Waals surface area contributed by atoms with E-state index in [1.165, 1.54) is 23.9 Å². The number of thiocarbonyl (C=S) groups is 1. The molecule has 0 saturated carbocycles. The van der Waals surface area contributed by atoms with Gasteiger partial charge < -0.3 is 14.3 Å². The van der Waals surface area contributed by atoms with Crippen molar-refractivity contribution in [1.82, 2.24) is 4.90 Å². The summed E-state index contributed by atoms with van der Waals surface area (Å²) in [6, 6.07) is 18.0. The van der Waals surface area contributed by atoms with Crippen LogP contribution >= 0.6 is 46.9 Å². The molecule has 1 fully saturated rings. The molecule has 192 valence electrons. The summed E-state index contributed by atoms with van der Waals surface area (Å²) < 4.78 is 12.2. The third-order valence-corrected chi connectivity index (χ3v) is 8.23. The third-order valence-electron chi connectivity index (χ3n) is 5.79. The Hall–Kier alpha value is -3.37. The Balaban J connectivity index is 1.20. The first kappa shape index (κ1) is 26.2. The number of benzene rings is 2. The summed E-state index contributed by atoms with van der Waals surface area (Å²) in [6.07, 6.45) is 2.30. The number of furan rings is 1. The lowest BCUT2D eigenvalue weighted by Gasteiger charge is -2.14. The maximum Gasteiger partial charge on any atom is 0.337 e. The highest BCUT2D eigenvalue weighted by Crippen LogP contribution is 2.34. The molecule has 2 aromatic heterocycles. The van der Waals surface area contributed by atoms with Gasteiger partial charge in [0.15, 0.2) is 0 Å². The van der Waals surface area contributed by atoms with E-state index < -0.39 is 5.97 Å². The minimum Gasteiger partial charge on any atom is -0.489 e. The minimum absolute atomic E-state index is 0.0107. The number of carbonyl (C=O) groups is 2. The van der Waals surface area contributed by atoms with Crippen molar-refractivity contribution in [3.63, 3.8) is 0 Å². The Morgan fingerprint density at radius 3 is 2.66 bits per heavy atom. The number of nitrogens with zero attached hydrogens (tertiary/aromatic N) is 1. The molecule has 1 aliphatic rings. The van der Waals surface area contributed by atoms with Gasteiger partial charge in [-0.3, -0.25) is 9.69 Å². The summed E-state index contributed by atoms with van der Waals surface area (Å²) in [5, 5.41) is 13.5. The summed E-state index contributed by atoms with van der Waals surface area (Å²) >= 11 is 14.3. The van der Waals surface area contributed by atoms with E-state index in [2.05, 4.69) is 5.38 Å². The number of amides is 1. The van der Waals surface area contributed by atoms with E-state index in [9.17, 15) is 14.7 Å². The Morgan fingerprint density at radius 2 is 1.92 bits per heavy atom. The Bertz CT molecular complexity index is 1530. The summed E-state index contributed by atoms with van der Waals surface area (Å²) in [5.41, 5.74) is 2.78. The van der Waals surface area contributed by atoms with E-state index in [4.69, 9.17) is 33.0 Å². The van der Waals surface area contributed by atoms with Crippen molar-refractivity contribution in [2.75, 3.05) is 6.54 Å². The number of carbonyl (C=O) groups excluding carboxylic acids is 1. The van der Waals surface area contributed by atoms with E-state index in [-0.39, 0.29) is 16.5 Å². The lowest BCUT2D eigenvalue weighted by Crippen LogP contribution is -2.30. The quantitative estimate of drug-likeness (QED) is 0.163.